The van der Waals surface area contributed by atoms with Crippen LogP contribution in [0.3, 0.4) is 0 Å². The first-order valence-electron chi connectivity index (χ1n) is 11.9. The van der Waals surface area contributed by atoms with Gasteiger partial charge in [0.2, 0.25) is 0 Å². The summed E-state index contributed by atoms with van der Waals surface area (Å²) in [7, 11) is 1.70. The van der Waals surface area contributed by atoms with E-state index in [1.807, 2.05) is 23.1 Å². The van der Waals surface area contributed by atoms with Crippen LogP contribution in [-0.4, -0.2) is 56.3 Å². The Hall–Kier alpha value is -2.08. The molecule has 33 heavy (non-hydrogen) atoms. The van der Waals surface area contributed by atoms with Crippen LogP contribution in [0.5, 0.6) is 5.75 Å². The molecule has 1 aliphatic rings. The normalized spacial score (nSPS) is 15.7. The van der Waals surface area contributed by atoms with Crippen molar-refractivity contribution in [2.75, 3.05) is 33.4 Å². The third-order valence-electron chi connectivity index (χ3n) is 6.05. The van der Waals surface area contributed by atoms with Crippen LogP contribution in [0.2, 0.25) is 0 Å². The Kier molecular flexibility index (Phi) is 11.7. The van der Waals surface area contributed by atoms with Gasteiger partial charge in [-0.3, -0.25) is 4.79 Å². The number of piperidine rings is 1. The highest BCUT2D eigenvalue weighted by atomic mass is 35.5. The number of rotatable bonds is 11. The van der Waals surface area contributed by atoms with Gasteiger partial charge in [0, 0.05) is 44.3 Å². The zero-order chi connectivity index (χ0) is 22.8. The monoisotopic (exact) mass is 474 g/mol. The van der Waals surface area contributed by atoms with Gasteiger partial charge in [-0.2, -0.15) is 0 Å². The van der Waals surface area contributed by atoms with Crippen LogP contribution in [0, 0.1) is 0 Å². The summed E-state index contributed by atoms with van der Waals surface area (Å²) in [5, 5.41) is 3.44. The quantitative estimate of drug-likeness (QED) is 0.470. The van der Waals surface area contributed by atoms with Gasteiger partial charge in [0.05, 0.1) is 6.61 Å². The van der Waals surface area contributed by atoms with E-state index in [9.17, 15) is 4.79 Å². The minimum absolute atomic E-state index is 0. The molecule has 0 radical (unpaired) electrons. The van der Waals surface area contributed by atoms with Gasteiger partial charge in [-0.25, -0.2) is 0 Å². The molecule has 1 saturated heterocycles. The summed E-state index contributed by atoms with van der Waals surface area (Å²) in [6.07, 6.45) is 4.78. The van der Waals surface area contributed by atoms with E-state index in [2.05, 4.69) is 49.5 Å². The second-order valence-electron chi connectivity index (χ2n) is 8.81. The highest BCUT2D eigenvalue weighted by molar-refractivity contribution is 5.95. The van der Waals surface area contributed by atoms with E-state index in [-0.39, 0.29) is 30.4 Å². The van der Waals surface area contributed by atoms with Crippen LogP contribution in [0.25, 0.3) is 0 Å². The number of benzene rings is 2. The molecule has 0 spiro atoms. The SMILES string of the molecule is COCCCOc1cc(C(=O)N(C(C)C)[C@@H]2CCCNC2)ccc1CCc1ccccc1.Cl. The smallest absolute Gasteiger partial charge is 0.254 e. The van der Waals surface area contributed by atoms with Gasteiger partial charge in [-0.05, 0) is 69.3 Å². The second kappa shape index (κ2) is 14.2. The zero-order valence-electron chi connectivity index (χ0n) is 20.2. The summed E-state index contributed by atoms with van der Waals surface area (Å²) in [5.41, 5.74) is 3.14. The maximum atomic E-state index is 13.5. The highest BCUT2D eigenvalue weighted by Gasteiger charge is 2.28. The van der Waals surface area contributed by atoms with Crippen molar-refractivity contribution in [2.45, 2.75) is 58.0 Å². The fraction of sp³-hybridized carbons (Fsp3) is 0.519. The van der Waals surface area contributed by atoms with Gasteiger partial charge in [-0.15, -0.1) is 12.4 Å². The number of hydrogen-bond donors (Lipinski definition) is 1. The molecule has 5 nitrogen and oxygen atoms in total. The molecule has 1 N–H and O–H groups in total. The zero-order valence-corrected chi connectivity index (χ0v) is 21.0. The van der Waals surface area contributed by atoms with Crippen LogP contribution in [-0.2, 0) is 17.6 Å². The number of aryl methyl sites for hydroxylation is 2. The molecule has 182 valence electrons. The van der Waals surface area contributed by atoms with Crippen LogP contribution >= 0.6 is 12.4 Å². The van der Waals surface area contributed by atoms with Crippen molar-refractivity contribution in [1.82, 2.24) is 10.2 Å². The van der Waals surface area contributed by atoms with Gasteiger partial charge >= 0.3 is 0 Å². The Labute approximate surface area is 205 Å². The third-order valence-corrected chi connectivity index (χ3v) is 6.05. The Bertz CT molecular complexity index is 839. The first-order chi connectivity index (χ1) is 15.6. The molecular formula is C27H39ClN2O3. The van der Waals surface area contributed by atoms with Crippen LogP contribution in [0.15, 0.2) is 48.5 Å². The van der Waals surface area contributed by atoms with Crippen LogP contribution in [0.4, 0.5) is 0 Å². The Morgan fingerprint density at radius 1 is 1.12 bits per heavy atom. The van der Waals surface area contributed by atoms with Gasteiger partial charge in [-0.1, -0.05) is 36.4 Å². The molecular weight excluding hydrogens is 436 g/mol. The van der Waals surface area contributed by atoms with E-state index in [1.165, 1.54) is 5.56 Å². The highest BCUT2D eigenvalue weighted by Crippen LogP contribution is 2.25. The molecule has 1 atom stereocenters. The molecule has 0 aromatic heterocycles. The fourth-order valence-corrected chi connectivity index (χ4v) is 4.38. The lowest BCUT2D eigenvalue weighted by atomic mass is 9.99. The minimum atomic E-state index is 0. The van der Waals surface area contributed by atoms with Crippen molar-refractivity contribution in [3.8, 4) is 5.75 Å². The molecule has 0 unspecified atom stereocenters. The molecule has 0 bridgehead atoms. The number of ether oxygens (including phenoxy) is 2. The number of carbonyl (C=O) groups is 1. The van der Waals surface area contributed by atoms with Gasteiger partial charge < -0.3 is 19.7 Å². The number of nitrogens with zero attached hydrogens (tertiary/aromatic N) is 1. The number of halogens is 1. The third kappa shape index (κ3) is 8.02. The Morgan fingerprint density at radius 3 is 2.58 bits per heavy atom. The first-order valence-corrected chi connectivity index (χ1v) is 11.9. The van der Waals surface area contributed by atoms with E-state index < -0.39 is 0 Å². The van der Waals surface area contributed by atoms with E-state index in [4.69, 9.17) is 9.47 Å². The van der Waals surface area contributed by atoms with Gasteiger partial charge in [0.15, 0.2) is 0 Å². The van der Waals surface area contributed by atoms with Gasteiger partial charge in [0.25, 0.3) is 5.91 Å². The van der Waals surface area contributed by atoms with Crippen molar-refractivity contribution in [3.05, 3.63) is 65.2 Å². The average molecular weight is 475 g/mol. The Morgan fingerprint density at radius 2 is 1.91 bits per heavy atom. The molecule has 0 saturated carbocycles. The van der Waals surface area contributed by atoms with Crippen molar-refractivity contribution < 1.29 is 14.3 Å². The second-order valence-corrected chi connectivity index (χ2v) is 8.81. The maximum Gasteiger partial charge on any atom is 0.254 e. The fourth-order valence-electron chi connectivity index (χ4n) is 4.38. The van der Waals surface area contributed by atoms with Crippen molar-refractivity contribution in [2.24, 2.45) is 0 Å². The molecule has 2 aromatic rings. The summed E-state index contributed by atoms with van der Waals surface area (Å²) >= 11 is 0. The summed E-state index contributed by atoms with van der Waals surface area (Å²) in [4.78, 5) is 15.6. The first kappa shape index (κ1) is 27.2. The van der Waals surface area contributed by atoms with Crippen molar-refractivity contribution in [1.29, 1.82) is 0 Å². The predicted molar refractivity (Wildman–Crippen MR) is 137 cm³/mol. The summed E-state index contributed by atoms with van der Waals surface area (Å²) in [6.45, 7) is 7.33. The van der Waals surface area contributed by atoms with E-state index in [0.29, 0.717) is 18.8 Å². The summed E-state index contributed by atoms with van der Waals surface area (Å²) < 4.78 is 11.3. The number of methoxy groups -OCH3 is 1. The number of carbonyl (C=O) groups excluding carboxylic acids is 1. The molecule has 1 aliphatic heterocycles. The summed E-state index contributed by atoms with van der Waals surface area (Å²) in [5.74, 6) is 0.901. The van der Waals surface area contributed by atoms with Crippen molar-refractivity contribution in [3.63, 3.8) is 0 Å². The number of nitrogens with one attached hydrogen (secondary N) is 1. The lowest BCUT2D eigenvalue weighted by molar-refractivity contribution is 0.0573. The minimum Gasteiger partial charge on any atom is -0.493 e. The summed E-state index contributed by atoms with van der Waals surface area (Å²) in [6, 6.07) is 16.8. The predicted octanol–water partition coefficient (Wildman–Crippen LogP) is 4.91. The van der Waals surface area contributed by atoms with E-state index in [1.54, 1.807) is 7.11 Å². The standard InChI is InChI=1S/C27H38N2O3.ClH/c1-21(2)29(25-11-7-16-28-20-25)27(30)24-15-14-23(13-12-22-9-5-4-6-10-22)26(19-24)32-18-8-17-31-3;/h4-6,9-10,14-15,19,21,25,28H,7-8,11-13,16-18,20H2,1-3H3;1H/t25-;/m1./s1. The lowest BCUT2D eigenvalue weighted by Crippen LogP contribution is -2.51. The Balaban J connectivity index is 0.00000385. The van der Waals surface area contributed by atoms with Crippen molar-refractivity contribution >= 4 is 18.3 Å². The molecule has 6 heteroatoms. The maximum absolute atomic E-state index is 13.5. The van der Waals surface area contributed by atoms with E-state index in [0.717, 1.165) is 56.5 Å². The lowest BCUT2D eigenvalue weighted by Gasteiger charge is -2.37. The largest absolute Gasteiger partial charge is 0.493 e. The van der Waals surface area contributed by atoms with Crippen LogP contribution in [0.1, 0.15) is 54.6 Å². The molecule has 1 heterocycles. The number of amides is 1. The number of hydrogen-bond acceptors (Lipinski definition) is 4. The molecule has 0 aliphatic carbocycles. The molecule has 1 amide bonds. The van der Waals surface area contributed by atoms with E-state index >= 15 is 0 Å². The average Bonchev–Trinajstić information content (AvgIpc) is 2.82. The molecule has 1 fully saturated rings. The van der Waals surface area contributed by atoms with Gasteiger partial charge in [0.1, 0.15) is 5.75 Å². The molecule has 3 rings (SSSR count). The molecule has 2 aromatic carbocycles. The van der Waals surface area contributed by atoms with Crippen LogP contribution < -0.4 is 10.1 Å². The topological polar surface area (TPSA) is 50.8 Å².